The number of aromatic nitrogens is 1. The second-order valence-electron chi connectivity index (χ2n) is 9.61. The third-order valence-corrected chi connectivity index (χ3v) is 6.41. The van der Waals surface area contributed by atoms with Gasteiger partial charge in [-0.05, 0) is 56.7 Å². The van der Waals surface area contributed by atoms with Gasteiger partial charge in [0.05, 0.1) is 12.6 Å². The van der Waals surface area contributed by atoms with Crippen molar-refractivity contribution in [2.45, 2.75) is 62.7 Å². The first kappa shape index (κ1) is 33.0. The van der Waals surface area contributed by atoms with Gasteiger partial charge in [-0.25, -0.2) is 4.79 Å². The van der Waals surface area contributed by atoms with Gasteiger partial charge in [-0.15, -0.1) is 0 Å². The van der Waals surface area contributed by atoms with E-state index in [0.717, 1.165) is 16.5 Å². The molecule has 1 aromatic heterocycles. The Hall–Kier alpha value is -4.21. The molecule has 41 heavy (non-hydrogen) atoms. The predicted molar refractivity (Wildman–Crippen MR) is 153 cm³/mol. The van der Waals surface area contributed by atoms with Crippen molar-refractivity contribution in [2.75, 3.05) is 19.7 Å². The van der Waals surface area contributed by atoms with Crippen LogP contribution in [0.3, 0.4) is 0 Å². The van der Waals surface area contributed by atoms with Crippen molar-refractivity contribution in [2.24, 2.45) is 27.9 Å². The molecule has 1 heterocycles. The average molecular weight is 576 g/mol. The van der Waals surface area contributed by atoms with E-state index in [-0.39, 0.29) is 38.2 Å². The lowest BCUT2D eigenvalue weighted by atomic mass is 10.0. The lowest BCUT2D eigenvalue weighted by Crippen LogP contribution is -2.58. The zero-order valence-corrected chi connectivity index (χ0v) is 22.8. The summed E-state index contributed by atoms with van der Waals surface area (Å²) in [6.45, 7) is -0.264. The Morgan fingerprint density at radius 1 is 0.902 bits per heavy atom. The molecular weight excluding hydrogens is 534 g/mol. The quantitative estimate of drug-likeness (QED) is 0.0518. The van der Waals surface area contributed by atoms with Crippen molar-refractivity contribution >= 4 is 40.6 Å². The molecule has 3 amide bonds. The number of carboxylic acids is 1. The van der Waals surface area contributed by atoms with Crippen molar-refractivity contribution in [3.05, 3.63) is 36.0 Å². The monoisotopic (exact) mass is 575 g/mol. The molecule has 0 aliphatic heterocycles. The molecule has 0 aliphatic carbocycles. The zero-order valence-electron chi connectivity index (χ0n) is 22.8. The Balaban J connectivity index is 2.03. The summed E-state index contributed by atoms with van der Waals surface area (Å²) in [5.74, 6) is -3.65. The minimum Gasteiger partial charge on any atom is -0.480 e. The van der Waals surface area contributed by atoms with Crippen molar-refractivity contribution < 1.29 is 29.4 Å². The maximum atomic E-state index is 13.1. The molecule has 2 aromatic rings. The number of rotatable bonds is 18. The number of aliphatic hydroxyl groups is 1. The summed E-state index contributed by atoms with van der Waals surface area (Å²) in [5, 5.41) is 27.5. The fraction of sp³-hybridized carbons (Fsp3) is 0.500. The number of H-pyrrole nitrogens is 1. The third kappa shape index (κ3) is 10.7. The van der Waals surface area contributed by atoms with Crippen LogP contribution in [-0.4, -0.2) is 88.7 Å². The molecule has 0 saturated heterocycles. The van der Waals surface area contributed by atoms with Crippen LogP contribution in [0.4, 0.5) is 0 Å². The van der Waals surface area contributed by atoms with E-state index in [4.69, 9.17) is 22.9 Å². The maximum Gasteiger partial charge on any atom is 0.326 e. The highest BCUT2D eigenvalue weighted by atomic mass is 16.4. The first-order chi connectivity index (χ1) is 19.6. The number of aliphatic hydroxyl groups excluding tert-OH is 1. The number of nitrogens with two attached hydrogens (primary N) is 4. The fourth-order valence-electron chi connectivity index (χ4n) is 4.17. The molecule has 4 unspecified atom stereocenters. The highest BCUT2D eigenvalue weighted by molar-refractivity contribution is 5.94. The van der Waals surface area contributed by atoms with Crippen molar-refractivity contribution in [1.29, 1.82) is 0 Å². The number of nitrogens with one attached hydrogen (secondary N) is 4. The number of aromatic amines is 1. The Labute approximate surface area is 237 Å². The SMILES string of the molecule is NCCCCC(NC(=O)C(N)Cc1c[nH]c2ccccc12)C(=O)NC(CO)C(=O)NC(CCCN=C(N)N)C(=O)O. The van der Waals surface area contributed by atoms with Gasteiger partial charge in [-0.1, -0.05) is 18.2 Å². The molecular formula is C26H41N9O6. The van der Waals surface area contributed by atoms with E-state index >= 15 is 0 Å². The van der Waals surface area contributed by atoms with Crippen molar-refractivity contribution in [1.82, 2.24) is 20.9 Å². The summed E-state index contributed by atoms with van der Waals surface area (Å²) >= 11 is 0. The van der Waals surface area contributed by atoms with E-state index in [9.17, 15) is 29.4 Å². The Bertz CT molecular complexity index is 1200. The van der Waals surface area contributed by atoms with Crippen LogP contribution in [0, 0.1) is 0 Å². The molecule has 2 rings (SSSR count). The number of aliphatic imine (C=N–C) groups is 1. The second-order valence-corrected chi connectivity index (χ2v) is 9.61. The molecule has 15 heteroatoms. The third-order valence-electron chi connectivity index (χ3n) is 6.41. The maximum absolute atomic E-state index is 13.1. The molecule has 1 aromatic carbocycles. The predicted octanol–water partition coefficient (Wildman–Crippen LogP) is -2.25. The van der Waals surface area contributed by atoms with E-state index in [1.165, 1.54) is 0 Å². The Kier molecular flexibility index (Phi) is 13.5. The molecule has 0 fully saturated rings. The molecule has 226 valence electrons. The zero-order chi connectivity index (χ0) is 30.4. The van der Waals surface area contributed by atoms with Gasteiger partial charge in [0.15, 0.2) is 5.96 Å². The van der Waals surface area contributed by atoms with Gasteiger partial charge in [0, 0.05) is 23.6 Å². The van der Waals surface area contributed by atoms with Gasteiger partial charge >= 0.3 is 5.97 Å². The van der Waals surface area contributed by atoms with E-state index in [1.807, 2.05) is 24.3 Å². The number of carboxylic acid groups (broad SMARTS) is 1. The van der Waals surface area contributed by atoms with Crippen LogP contribution in [0.1, 0.15) is 37.7 Å². The number of fused-ring (bicyclic) bond motifs is 1. The van der Waals surface area contributed by atoms with E-state index in [2.05, 4.69) is 25.9 Å². The average Bonchev–Trinajstić information content (AvgIpc) is 3.34. The largest absolute Gasteiger partial charge is 0.480 e. The molecule has 4 atom stereocenters. The summed E-state index contributed by atoms with van der Waals surface area (Å²) in [7, 11) is 0. The highest BCUT2D eigenvalue weighted by Gasteiger charge is 2.30. The van der Waals surface area contributed by atoms with Crippen LogP contribution in [0.5, 0.6) is 0 Å². The first-order valence-electron chi connectivity index (χ1n) is 13.4. The van der Waals surface area contributed by atoms with Gasteiger partial charge in [-0.2, -0.15) is 0 Å². The number of amides is 3. The van der Waals surface area contributed by atoms with Crippen LogP contribution in [0.25, 0.3) is 10.9 Å². The molecule has 14 N–H and O–H groups in total. The molecule has 0 spiro atoms. The number of para-hydroxylation sites is 1. The Morgan fingerprint density at radius 3 is 2.20 bits per heavy atom. The van der Waals surface area contributed by atoms with Crippen LogP contribution in [-0.2, 0) is 25.6 Å². The molecule has 0 radical (unpaired) electrons. The van der Waals surface area contributed by atoms with E-state index in [1.54, 1.807) is 6.20 Å². The normalized spacial score (nSPS) is 13.9. The number of guanidine groups is 1. The van der Waals surface area contributed by atoms with Gasteiger partial charge in [0.2, 0.25) is 17.7 Å². The van der Waals surface area contributed by atoms with Crippen LogP contribution < -0.4 is 38.9 Å². The number of hydrogen-bond acceptors (Lipinski definition) is 8. The molecule has 0 aliphatic rings. The minimum atomic E-state index is -1.46. The number of unbranched alkanes of at least 4 members (excludes halogenated alkanes) is 1. The topological polar surface area (TPSA) is 277 Å². The van der Waals surface area contributed by atoms with Gasteiger partial charge in [0.1, 0.15) is 18.1 Å². The number of carbonyl (C=O) groups is 4. The molecule has 0 bridgehead atoms. The summed E-state index contributed by atoms with van der Waals surface area (Å²) in [6, 6.07) is 2.78. The minimum absolute atomic E-state index is 0.00996. The van der Waals surface area contributed by atoms with Gasteiger partial charge in [0.25, 0.3) is 0 Å². The van der Waals surface area contributed by atoms with Crippen molar-refractivity contribution in [3.63, 3.8) is 0 Å². The van der Waals surface area contributed by atoms with E-state index < -0.39 is 54.5 Å². The van der Waals surface area contributed by atoms with Gasteiger partial charge in [-0.3, -0.25) is 19.4 Å². The van der Waals surface area contributed by atoms with E-state index in [0.29, 0.717) is 19.4 Å². The summed E-state index contributed by atoms with van der Waals surface area (Å²) < 4.78 is 0. The lowest BCUT2D eigenvalue weighted by Gasteiger charge is -2.24. The number of carbonyl (C=O) groups excluding carboxylic acids is 3. The number of aliphatic carboxylic acids is 1. The van der Waals surface area contributed by atoms with Crippen LogP contribution in [0.2, 0.25) is 0 Å². The summed E-state index contributed by atoms with van der Waals surface area (Å²) in [5.41, 5.74) is 24.0. The highest BCUT2D eigenvalue weighted by Crippen LogP contribution is 2.19. The standard InChI is InChI=1S/C26H41N9O6/c27-10-4-3-8-19(33-22(37)17(28)12-15-13-32-18-7-2-1-6-16(15)18)23(38)35-21(14-36)24(39)34-20(25(40)41)9-5-11-31-26(29)30/h1-2,6-7,13,17,19-21,32,36H,3-5,8-12,14,27-28H2,(H,33,37)(H,34,39)(H,35,38)(H,40,41)(H4,29,30,31). The molecule has 0 saturated carbocycles. The fourth-order valence-corrected chi connectivity index (χ4v) is 4.17. The van der Waals surface area contributed by atoms with Gasteiger partial charge < -0.3 is 54.1 Å². The number of hydrogen-bond donors (Lipinski definition) is 10. The number of nitrogens with zero attached hydrogens (tertiary/aromatic N) is 1. The second kappa shape index (κ2) is 16.8. The number of benzene rings is 1. The smallest absolute Gasteiger partial charge is 0.326 e. The summed E-state index contributed by atoms with van der Waals surface area (Å²) in [4.78, 5) is 57.3. The summed E-state index contributed by atoms with van der Waals surface area (Å²) in [6.07, 6.45) is 3.56. The lowest BCUT2D eigenvalue weighted by molar-refractivity contribution is -0.142. The van der Waals surface area contributed by atoms with Crippen molar-refractivity contribution in [3.8, 4) is 0 Å². The Morgan fingerprint density at radius 2 is 1.54 bits per heavy atom. The molecule has 15 nitrogen and oxygen atoms in total. The first-order valence-corrected chi connectivity index (χ1v) is 13.4. The van der Waals surface area contributed by atoms with Crippen LogP contribution in [0.15, 0.2) is 35.5 Å². The van der Waals surface area contributed by atoms with Crippen LogP contribution >= 0.6 is 0 Å².